The monoisotopic (exact) mass is 546 g/mol. The summed E-state index contributed by atoms with van der Waals surface area (Å²) in [6, 6.07) is 11.8. The summed E-state index contributed by atoms with van der Waals surface area (Å²) in [4.78, 5) is 49.7. The Hall–Kier alpha value is -4.31. The average molecular weight is 547 g/mol. The number of ether oxygens (including phenoxy) is 3. The van der Waals surface area contributed by atoms with E-state index in [0.29, 0.717) is 36.7 Å². The molecule has 10 nitrogen and oxygen atoms in total. The number of hydrogen-bond acceptors (Lipinski definition) is 7. The summed E-state index contributed by atoms with van der Waals surface area (Å²) in [5.74, 6) is -0.920. The Morgan fingerprint density at radius 3 is 2.52 bits per heavy atom. The fourth-order valence-corrected chi connectivity index (χ4v) is 4.40. The molecule has 40 heavy (non-hydrogen) atoms. The second-order valence-corrected chi connectivity index (χ2v) is 9.41. The van der Waals surface area contributed by atoms with Gasteiger partial charge in [-0.1, -0.05) is 18.2 Å². The molecule has 0 saturated carbocycles. The van der Waals surface area contributed by atoms with Crippen molar-refractivity contribution < 1.29 is 23.8 Å². The van der Waals surface area contributed by atoms with Gasteiger partial charge in [0.25, 0.3) is 11.5 Å². The molecule has 0 aliphatic carbocycles. The van der Waals surface area contributed by atoms with E-state index in [1.54, 1.807) is 48.0 Å². The number of pyridine rings is 2. The molecule has 3 aromatic heterocycles. The Bertz CT molecular complexity index is 1690. The normalized spacial score (nSPS) is 11.9. The number of para-hydroxylation sites is 1. The molecule has 0 unspecified atom stereocenters. The second-order valence-electron chi connectivity index (χ2n) is 9.41. The van der Waals surface area contributed by atoms with E-state index in [4.69, 9.17) is 19.2 Å². The molecular weight excluding hydrogens is 512 g/mol. The van der Waals surface area contributed by atoms with Gasteiger partial charge < -0.3 is 18.8 Å². The zero-order chi connectivity index (χ0) is 28.8. The fourth-order valence-electron chi connectivity index (χ4n) is 4.40. The third-order valence-corrected chi connectivity index (χ3v) is 6.20. The summed E-state index contributed by atoms with van der Waals surface area (Å²) in [7, 11) is 0. The summed E-state index contributed by atoms with van der Waals surface area (Å²) in [5.41, 5.74) is 1.52. The second kappa shape index (κ2) is 12.7. The molecule has 3 heterocycles. The van der Waals surface area contributed by atoms with Crippen molar-refractivity contribution in [3.63, 3.8) is 0 Å². The lowest BCUT2D eigenvalue weighted by Crippen LogP contribution is -2.33. The van der Waals surface area contributed by atoms with E-state index in [1.807, 2.05) is 33.8 Å². The Balaban J connectivity index is 2.06. The van der Waals surface area contributed by atoms with Gasteiger partial charge in [0.2, 0.25) is 0 Å². The van der Waals surface area contributed by atoms with E-state index in [1.165, 1.54) is 10.5 Å². The number of esters is 1. The number of hydrogen-bond donors (Lipinski definition) is 0. The maximum absolute atomic E-state index is 13.6. The predicted octanol–water partition coefficient (Wildman–Crippen LogP) is 4.09. The van der Waals surface area contributed by atoms with Crippen molar-refractivity contribution in [2.45, 2.75) is 53.7 Å². The van der Waals surface area contributed by atoms with Crippen molar-refractivity contribution in [2.75, 3.05) is 19.8 Å². The van der Waals surface area contributed by atoms with Crippen LogP contribution in [-0.4, -0.2) is 51.8 Å². The van der Waals surface area contributed by atoms with Gasteiger partial charge in [-0.2, -0.15) is 4.99 Å². The number of aromatic nitrogens is 3. The van der Waals surface area contributed by atoms with Crippen LogP contribution in [0.1, 0.15) is 60.4 Å². The van der Waals surface area contributed by atoms with Crippen LogP contribution in [-0.2, 0) is 16.0 Å². The first-order valence-corrected chi connectivity index (χ1v) is 13.4. The minimum atomic E-state index is -0.699. The number of fused-ring (bicyclic) bond motifs is 2. The van der Waals surface area contributed by atoms with Crippen LogP contribution in [0.3, 0.4) is 0 Å². The van der Waals surface area contributed by atoms with Crippen LogP contribution in [0, 0.1) is 6.92 Å². The lowest BCUT2D eigenvalue weighted by Gasteiger charge is -2.16. The SMILES string of the molecule is CCOC(=O)c1cc2c(=O)n3cccc(C)c3nc2n(CCCOC(C)C)c1=NC(=O)c1ccccc1OCC. The number of amides is 1. The van der Waals surface area contributed by atoms with E-state index in [9.17, 15) is 14.4 Å². The quantitative estimate of drug-likeness (QED) is 0.167. The van der Waals surface area contributed by atoms with Crippen LogP contribution >= 0.6 is 0 Å². The predicted molar refractivity (Wildman–Crippen MR) is 151 cm³/mol. The lowest BCUT2D eigenvalue weighted by atomic mass is 10.1. The minimum Gasteiger partial charge on any atom is -0.493 e. The standard InChI is InChI=1S/C30H34N4O6/c1-6-38-24-14-9-8-13-21(24)28(35)32-27-23(30(37)39-7-2)18-22-26(33(27)16-11-17-40-19(3)4)31-25-20(5)12-10-15-34(25)29(22)36/h8-10,12-15,18-19H,6-7,11,16-17H2,1-5H3. The number of carbonyl (C=O) groups excluding carboxylic acids is 2. The Morgan fingerprint density at radius 1 is 1.02 bits per heavy atom. The summed E-state index contributed by atoms with van der Waals surface area (Å²) in [5, 5.41) is 0.206. The molecule has 1 aromatic carbocycles. The zero-order valence-corrected chi connectivity index (χ0v) is 23.5. The van der Waals surface area contributed by atoms with E-state index < -0.39 is 11.9 Å². The molecule has 4 rings (SSSR count). The molecule has 0 N–H and O–H groups in total. The molecule has 0 aliphatic heterocycles. The van der Waals surface area contributed by atoms with Crippen molar-refractivity contribution in [3.05, 3.63) is 81.2 Å². The van der Waals surface area contributed by atoms with Crippen LogP contribution in [0.15, 0.2) is 58.4 Å². The Morgan fingerprint density at radius 2 is 1.80 bits per heavy atom. The zero-order valence-electron chi connectivity index (χ0n) is 23.5. The van der Waals surface area contributed by atoms with Gasteiger partial charge >= 0.3 is 5.97 Å². The van der Waals surface area contributed by atoms with Gasteiger partial charge in [-0.25, -0.2) is 9.78 Å². The molecule has 0 radical (unpaired) electrons. The fraction of sp³-hybridized carbons (Fsp3) is 0.367. The molecule has 210 valence electrons. The molecule has 0 aliphatic rings. The molecule has 1 amide bonds. The maximum Gasteiger partial charge on any atom is 0.341 e. The van der Waals surface area contributed by atoms with E-state index in [2.05, 4.69) is 4.99 Å². The molecule has 0 atom stereocenters. The molecule has 0 fully saturated rings. The van der Waals surface area contributed by atoms with Crippen LogP contribution in [0.4, 0.5) is 0 Å². The van der Waals surface area contributed by atoms with Crippen molar-refractivity contribution in [1.82, 2.24) is 14.0 Å². The number of nitrogens with zero attached hydrogens (tertiary/aromatic N) is 4. The first-order chi connectivity index (χ1) is 19.3. The van der Waals surface area contributed by atoms with Gasteiger partial charge in [-0.15, -0.1) is 0 Å². The van der Waals surface area contributed by atoms with E-state index in [-0.39, 0.29) is 46.8 Å². The number of aryl methyl sites for hydroxylation is 2. The van der Waals surface area contributed by atoms with E-state index >= 15 is 0 Å². The Labute approximate surface area is 231 Å². The summed E-state index contributed by atoms with van der Waals surface area (Å²) >= 11 is 0. The number of carbonyl (C=O) groups is 2. The third-order valence-electron chi connectivity index (χ3n) is 6.20. The van der Waals surface area contributed by atoms with Crippen molar-refractivity contribution >= 4 is 28.6 Å². The molecule has 0 saturated heterocycles. The molecule has 10 heteroatoms. The van der Waals surface area contributed by atoms with Gasteiger partial charge in [0.05, 0.1) is 30.3 Å². The minimum absolute atomic E-state index is 0.00660. The smallest absolute Gasteiger partial charge is 0.341 e. The first-order valence-electron chi connectivity index (χ1n) is 13.4. The van der Waals surface area contributed by atoms with Gasteiger partial charge in [-0.05, 0) is 70.9 Å². The lowest BCUT2D eigenvalue weighted by molar-refractivity contribution is 0.0523. The third kappa shape index (κ3) is 5.96. The summed E-state index contributed by atoms with van der Waals surface area (Å²) in [6.45, 7) is 10.4. The highest BCUT2D eigenvalue weighted by atomic mass is 16.5. The topological polar surface area (TPSA) is 113 Å². The first kappa shape index (κ1) is 28.7. The largest absolute Gasteiger partial charge is 0.493 e. The van der Waals surface area contributed by atoms with Crippen molar-refractivity contribution in [2.24, 2.45) is 4.99 Å². The van der Waals surface area contributed by atoms with Gasteiger partial charge in [0.15, 0.2) is 5.49 Å². The van der Waals surface area contributed by atoms with Gasteiger partial charge in [0.1, 0.15) is 22.6 Å². The average Bonchev–Trinajstić information content (AvgIpc) is 2.93. The van der Waals surface area contributed by atoms with Crippen LogP contribution < -0.4 is 15.8 Å². The van der Waals surface area contributed by atoms with Crippen molar-refractivity contribution in [1.29, 1.82) is 0 Å². The summed E-state index contributed by atoms with van der Waals surface area (Å²) in [6.07, 6.45) is 2.18. The van der Waals surface area contributed by atoms with E-state index in [0.717, 1.165) is 5.56 Å². The summed E-state index contributed by atoms with van der Waals surface area (Å²) < 4.78 is 19.8. The van der Waals surface area contributed by atoms with Gasteiger partial charge in [0, 0.05) is 19.3 Å². The van der Waals surface area contributed by atoms with Crippen LogP contribution in [0.25, 0.3) is 16.7 Å². The highest BCUT2D eigenvalue weighted by Gasteiger charge is 2.21. The van der Waals surface area contributed by atoms with Gasteiger partial charge in [-0.3, -0.25) is 14.0 Å². The Kier molecular flexibility index (Phi) is 9.11. The molecular formula is C30H34N4O6. The highest BCUT2D eigenvalue weighted by Crippen LogP contribution is 2.19. The molecule has 0 spiro atoms. The number of rotatable bonds is 10. The van der Waals surface area contributed by atoms with Crippen LogP contribution in [0.5, 0.6) is 5.75 Å². The molecule has 0 bridgehead atoms. The van der Waals surface area contributed by atoms with Crippen molar-refractivity contribution in [3.8, 4) is 5.75 Å². The highest BCUT2D eigenvalue weighted by molar-refractivity contribution is 5.99. The maximum atomic E-state index is 13.6. The molecule has 4 aromatic rings. The number of benzene rings is 1. The van der Waals surface area contributed by atoms with Crippen LogP contribution in [0.2, 0.25) is 0 Å².